The van der Waals surface area contributed by atoms with E-state index in [2.05, 4.69) is 5.16 Å². The number of sulfonamides is 1. The molecule has 5 nitrogen and oxygen atoms in total. The van der Waals surface area contributed by atoms with Crippen molar-refractivity contribution in [2.75, 3.05) is 18.8 Å². The first-order valence-corrected chi connectivity index (χ1v) is 9.58. The van der Waals surface area contributed by atoms with Crippen molar-refractivity contribution in [3.8, 4) is 0 Å². The molecule has 0 amide bonds. The predicted octanol–water partition coefficient (Wildman–Crippen LogP) is 2.77. The second kappa shape index (κ2) is 6.06. The Labute approximate surface area is 134 Å². The van der Waals surface area contributed by atoms with Crippen LogP contribution in [-0.2, 0) is 10.0 Å². The van der Waals surface area contributed by atoms with Gasteiger partial charge in [0.2, 0.25) is 10.0 Å². The molecule has 1 aliphatic rings. The van der Waals surface area contributed by atoms with Crippen LogP contribution in [0.15, 0.2) is 39.8 Å². The average Bonchev–Trinajstić information content (AvgIpc) is 2.88. The molecule has 1 aromatic carbocycles. The highest BCUT2D eigenvalue weighted by atomic mass is 32.2. The quantitative estimate of drug-likeness (QED) is 0.861. The normalized spacial score (nSPS) is 20.2. The highest BCUT2D eigenvalue weighted by Gasteiger charge is 2.35. The minimum atomic E-state index is -3.56. The van der Waals surface area contributed by atoms with Gasteiger partial charge in [-0.15, -0.1) is 0 Å². The second-order valence-corrected chi connectivity index (χ2v) is 8.47. The molecule has 7 heteroatoms. The standard InChI is InChI=1S/C15H18N2O3S2/c1-11-15(12(2)20-16-11)22(18,19)17-8-9-21-14(10-17)13-6-4-3-5-7-13/h3-7,14H,8-10H2,1-2H3. The summed E-state index contributed by atoms with van der Waals surface area (Å²) in [7, 11) is -3.56. The molecule has 0 radical (unpaired) electrons. The summed E-state index contributed by atoms with van der Waals surface area (Å²) in [5, 5.41) is 3.93. The van der Waals surface area contributed by atoms with E-state index in [-0.39, 0.29) is 10.1 Å². The van der Waals surface area contributed by atoms with Gasteiger partial charge < -0.3 is 4.52 Å². The van der Waals surface area contributed by atoms with Crippen LogP contribution in [0.4, 0.5) is 0 Å². The molecule has 2 heterocycles. The maximum atomic E-state index is 12.9. The lowest BCUT2D eigenvalue weighted by Gasteiger charge is -2.31. The van der Waals surface area contributed by atoms with E-state index in [1.807, 2.05) is 30.3 Å². The lowest BCUT2D eigenvalue weighted by atomic mass is 10.1. The van der Waals surface area contributed by atoms with Gasteiger partial charge in [0.25, 0.3) is 0 Å². The third-order valence-corrected chi connectivity index (χ3v) is 7.12. The molecule has 1 fully saturated rings. The lowest BCUT2D eigenvalue weighted by molar-refractivity contribution is 0.388. The SMILES string of the molecule is Cc1noc(C)c1S(=O)(=O)N1CCSC(c2ccccc2)C1. The summed E-state index contributed by atoms with van der Waals surface area (Å²) in [6.45, 7) is 4.29. The molecule has 1 saturated heterocycles. The number of hydrogen-bond donors (Lipinski definition) is 0. The van der Waals surface area contributed by atoms with Gasteiger partial charge in [0.05, 0.1) is 0 Å². The summed E-state index contributed by atoms with van der Waals surface area (Å²) in [4.78, 5) is 0.214. The van der Waals surface area contributed by atoms with Crippen LogP contribution < -0.4 is 0 Å². The van der Waals surface area contributed by atoms with Crippen LogP contribution in [0.1, 0.15) is 22.3 Å². The van der Waals surface area contributed by atoms with Crippen molar-refractivity contribution < 1.29 is 12.9 Å². The van der Waals surface area contributed by atoms with E-state index in [1.165, 1.54) is 0 Å². The zero-order valence-electron chi connectivity index (χ0n) is 12.5. The number of aryl methyl sites for hydroxylation is 2. The van der Waals surface area contributed by atoms with E-state index in [4.69, 9.17) is 4.52 Å². The lowest BCUT2D eigenvalue weighted by Crippen LogP contribution is -2.39. The van der Waals surface area contributed by atoms with E-state index < -0.39 is 10.0 Å². The Kier molecular flexibility index (Phi) is 4.29. The van der Waals surface area contributed by atoms with Crippen molar-refractivity contribution in [1.82, 2.24) is 9.46 Å². The Bertz CT molecular complexity index is 737. The van der Waals surface area contributed by atoms with Gasteiger partial charge in [-0.3, -0.25) is 0 Å². The molecule has 118 valence electrons. The Balaban J connectivity index is 1.89. The zero-order valence-corrected chi connectivity index (χ0v) is 14.2. The van der Waals surface area contributed by atoms with Crippen molar-refractivity contribution in [2.45, 2.75) is 24.0 Å². The maximum Gasteiger partial charge on any atom is 0.248 e. The van der Waals surface area contributed by atoms with E-state index >= 15 is 0 Å². The fourth-order valence-electron chi connectivity index (χ4n) is 2.69. The van der Waals surface area contributed by atoms with Gasteiger partial charge in [-0.1, -0.05) is 35.5 Å². The van der Waals surface area contributed by atoms with Crippen molar-refractivity contribution in [3.63, 3.8) is 0 Å². The summed E-state index contributed by atoms with van der Waals surface area (Å²) in [6, 6.07) is 10.0. The summed E-state index contributed by atoms with van der Waals surface area (Å²) < 4.78 is 32.3. The monoisotopic (exact) mass is 338 g/mol. The van der Waals surface area contributed by atoms with Gasteiger partial charge >= 0.3 is 0 Å². The van der Waals surface area contributed by atoms with Gasteiger partial charge in [0, 0.05) is 24.1 Å². The van der Waals surface area contributed by atoms with Crippen LogP contribution >= 0.6 is 11.8 Å². The van der Waals surface area contributed by atoms with Crippen molar-refractivity contribution >= 4 is 21.8 Å². The number of nitrogens with zero attached hydrogens (tertiary/aromatic N) is 2. The van der Waals surface area contributed by atoms with E-state index in [0.29, 0.717) is 24.5 Å². The molecule has 0 N–H and O–H groups in total. The molecular formula is C15H18N2O3S2. The third kappa shape index (κ3) is 2.80. The Morgan fingerprint density at radius 1 is 1.27 bits per heavy atom. The molecule has 22 heavy (non-hydrogen) atoms. The highest BCUT2D eigenvalue weighted by Crippen LogP contribution is 2.36. The molecular weight excluding hydrogens is 320 g/mol. The van der Waals surface area contributed by atoms with Crippen molar-refractivity contribution in [1.29, 1.82) is 0 Å². The van der Waals surface area contributed by atoms with Crippen LogP contribution in [0.3, 0.4) is 0 Å². The number of thioether (sulfide) groups is 1. The highest BCUT2D eigenvalue weighted by molar-refractivity contribution is 7.99. The number of rotatable bonds is 3. The Morgan fingerprint density at radius 2 is 2.00 bits per heavy atom. The maximum absolute atomic E-state index is 12.9. The molecule has 1 aliphatic heterocycles. The number of hydrogen-bond acceptors (Lipinski definition) is 5. The Morgan fingerprint density at radius 3 is 2.64 bits per heavy atom. The molecule has 1 unspecified atom stereocenters. The fraction of sp³-hybridized carbons (Fsp3) is 0.400. The molecule has 0 aliphatic carbocycles. The van der Waals surface area contributed by atoms with Crippen LogP contribution in [0.25, 0.3) is 0 Å². The van der Waals surface area contributed by atoms with Crippen LogP contribution in [0.2, 0.25) is 0 Å². The van der Waals surface area contributed by atoms with Gasteiger partial charge in [-0.25, -0.2) is 8.42 Å². The first kappa shape index (κ1) is 15.6. The van der Waals surface area contributed by atoms with Crippen molar-refractivity contribution in [3.05, 3.63) is 47.3 Å². The second-order valence-electron chi connectivity index (χ2n) is 5.29. The van der Waals surface area contributed by atoms with Gasteiger partial charge in [0.15, 0.2) is 5.76 Å². The fourth-order valence-corrected chi connectivity index (χ4v) is 5.89. The summed E-state index contributed by atoms with van der Waals surface area (Å²) in [5.41, 5.74) is 1.58. The smallest absolute Gasteiger partial charge is 0.248 e. The minimum Gasteiger partial charge on any atom is -0.360 e. The number of benzene rings is 1. The minimum absolute atomic E-state index is 0.158. The zero-order chi connectivity index (χ0) is 15.7. The molecule has 1 atom stereocenters. The van der Waals surface area contributed by atoms with Gasteiger partial charge in [0.1, 0.15) is 10.6 Å². The molecule has 1 aromatic heterocycles. The third-order valence-electron chi connectivity index (χ3n) is 3.77. The first-order chi connectivity index (χ1) is 10.5. The van der Waals surface area contributed by atoms with E-state index in [1.54, 1.807) is 29.9 Å². The summed E-state index contributed by atoms with van der Waals surface area (Å²) >= 11 is 1.80. The van der Waals surface area contributed by atoms with Crippen molar-refractivity contribution in [2.24, 2.45) is 0 Å². The molecule has 3 rings (SSSR count). The predicted molar refractivity (Wildman–Crippen MR) is 86.4 cm³/mol. The Hall–Kier alpha value is -1.31. The van der Waals surface area contributed by atoms with E-state index in [9.17, 15) is 8.42 Å². The summed E-state index contributed by atoms with van der Waals surface area (Å²) in [6.07, 6.45) is 0. The summed E-state index contributed by atoms with van der Waals surface area (Å²) in [5.74, 6) is 1.13. The number of aromatic nitrogens is 1. The average molecular weight is 338 g/mol. The largest absolute Gasteiger partial charge is 0.360 e. The molecule has 0 saturated carbocycles. The van der Waals surface area contributed by atoms with Gasteiger partial charge in [-0.2, -0.15) is 16.1 Å². The topological polar surface area (TPSA) is 63.4 Å². The molecule has 2 aromatic rings. The van der Waals surface area contributed by atoms with Gasteiger partial charge in [-0.05, 0) is 19.4 Å². The van der Waals surface area contributed by atoms with Crippen LogP contribution in [-0.4, -0.2) is 36.7 Å². The van der Waals surface area contributed by atoms with E-state index in [0.717, 1.165) is 11.3 Å². The first-order valence-electron chi connectivity index (χ1n) is 7.09. The molecule has 0 bridgehead atoms. The van der Waals surface area contributed by atoms with Crippen LogP contribution in [0.5, 0.6) is 0 Å². The molecule has 0 spiro atoms. The van der Waals surface area contributed by atoms with Crippen LogP contribution in [0, 0.1) is 13.8 Å².